The van der Waals surface area contributed by atoms with Crippen LogP contribution in [0, 0.1) is 5.92 Å². The Kier molecular flexibility index (Phi) is 6.87. The van der Waals surface area contributed by atoms with E-state index in [1.165, 1.54) is 0 Å². The minimum atomic E-state index is -0.0433. The summed E-state index contributed by atoms with van der Waals surface area (Å²) in [4.78, 5) is 0. The normalized spacial score (nSPS) is 14.4. The lowest BCUT2D eigenvalue weighted by molar-refractivity contribution is 0.199. The van der Waals surface area contributed by atoms with Gasteiger partial charge in [0.25, 0.3) is 0 Å². The predicted octanol–water partition coefficient (Wildman–Crippen LogP) is 4.22. The zero-order valence-electron chi connectivity index (χ0n) is 11.4. The Morgan fingerprint density at radius 2 is 1.89 bits per heavy atom. The van der Waals surface area contributed by atoms with E-state index in [9.17, 15) is 5.11 Å². The molecule has 0 spiro atoms. The quantitative estimate of drug-likeness (QED) is 0.739. The van der Waals surface area contributed by atoms with Crippen LogP contribution in [0.1, 0.15) is 31.9 Å². The second kappa shape index (κ2) is 7.91. The van der Waals surface area contributed by atoms with Gasteiger partial charge < -0.3 is 10.4 Å². The summed E-state index contributed by atoms with van der Waals surface area (Å²) in [7, 11) is 0. The SMILES string of the molecule is C=CCC(NC(CO)C(C)C)c1c(Cl)cccc1Cl. The first-order valence-electron chi connectivity index (χ1n) is 6.43. The van der Waals surface area contributed by atoms with Crippen LogP contribution in [0.3, 0.4) is 0 Å². The molecule has 0 aliphatic heterocycles. The lowest BCUT2D eigenvalue weighted by atomic mass is 9.98. The van der Waals surface area contributed by atoms with Crippen molar-refractivity contribution in [2.45, 2.75) is 32.4 Å². The fourth-order valence-electron chi connectivity index (χ4n) is 1.99. The molecule has 2 atom stereocenters. The molecule has 4 heteroatoms. The largest absolute Gasteiger partial charge is 0.395 e. The summed E-state index contributed by atoms with van der Waals surface area (Å²) in [6, 6.07) is 5.43. The summed E-state index contributed by atoms with van der Waals surface area (Å²) >= 11 is 12.5. The van der Waals surface area contributed by atoms with E-state index in [4.69, 9.17) is 23.2 Å². The van der Waals surface area contributed by atoms with Crippen LogP contribution in [0.25, 0.3) is 0 Å². The van der Waals surface area contributed by atoms with Crippen molar-refractivity contribution in [1.82, 2.24) is 5.32 Å². The van der Waals surface area contributed by atoms with Crippen LogP contribution < -0.4 is 5.32 Å². The molecule has 2 unspecified atom stereocenters. The Balaban J connectivity index is 3.03. The number of benzene rings is 1. The number of hydrogen-bond acceptors (Lipinski definition) is 2. The Hall–Kier alpha value is -0.540. The van der Waals surface area contributed by atoms with Crippen molar-refractivity contribution in [3.8, 4) is 0 Å². The molecule has 0 heterocycles. The number of aliphatic hydroxyl groups excluding tert-OH is 1. The first kappa shape index (κ1) is 16.5. The van der Waals surface area contributed by atoms with E-state index in [0.717, 1.165) is 5.56 Å². The lowest BCUT2D eigenvalue weighted by Gasteiger charge is -2.28. The van der Waals surface area contributed by atoms with Crippen LogP contribution in [0.15, 0.2) is 30.9 Å². The van der Waals surface area contributed by atoms with Gasteiger partial charge in [-0.25, -0.2) is 0 Å². The van der Waals surface area contributed by atoms with Crippen molar-refractivity contribution < 1.29 is 5.11 Å². The minimum Gasteiger partial charge on any atom is -0.395 e. The number of nitrogens with one attached hydrogen (secondary N) is 1. The highest BCUT2D eigenvalue weighted by Crippen LogP contribution is 2.32. The van der Waals surface area contributed by atoms with Gasteiger partial charge >= 0.3 is 0 Å². The molecule has 0 amide bonds. The van der Waals surface area contributed by atoms with E-state index in [-0.39, 0.29) is 18.7 Å². The second-order valence-corrected chi connectivity index (χ2v) is 5.73. The van der Waals surface area contributed by atoms with Gasteiger partial charge in [0.2, 0.25) is 0 Å². The fraction of sp³-hybridized carbons (Fsp3) is 0.467. The lowest BCUT2D eigenvalue weighted by Crippen LogP contribution is -2.39. The van der Waals surface area contributed by atoms with E-state index in [1.54, 1.807) is 0 Å². The minimum absolute atomic E-state index is 0.00251. The summed E-state index contributed by atoms with van der Waals surface area (Å²) in [5.41, 5.74) is 0.866. The molecule has 1 aromatic rings. The van der Waals surface area contributed by atoms with Crippen LogP contribution in [-0.2, 0) is 0 Å². The Bertz CT molecular complexity index is 400. The maximum absolute atomic E-state index is 9.44. The average Bonchev–Trinajstić information content (AvgIpc) is 2.34. The topological polar surface area (TPSA) is 32.3 Å². The molecular weight excluding hydrogens is 281 g/mol. The molecule has 0 saturated heterocycles. The van der Waals surface area contributed by atoms with Crippen molar-refractivity contribution in [1.29, 1.82) is 0 Å². The van der Waals surface area contributed by atoms with Crippen LogP contribution in [-0.4, -0.2) is 17.8 Å². The molecule has 0 bridgehead atoms. The van der Waals surface area contributed by atoms with Crippen LogP contribution in [0.4, 0.5) is 0 Å². The van der Waals surface area contributed by atoms with E-state index in [0.29, 0.717) is 22.4 Å². The molecule has 0 aromatic heterocycles. The van der Waals surface area contributed by atoms with Crippen molar-refractivity contribution in [3.63, 3.8) is 0 Å². The zero-order valence-corrected chi connectivity index (χ0v) is 12.9. The van der Waals surface area contributed by atoms with Gasteiger partial charge in [-0.3, -0.25) is 0 Å². The third-order valence-corrected chi connectivity index (χ3v) is 3.83. The molecular formula is C15H21Cl2NO. The summed E-state index contributed by atoms with van der Waals surface area (Å²) in [6.45, 7) is 7.98. The summed E-state index contributed by atoms with van der Waals surface area (Å²) in [6.07, 6.45) is 2.53. The summed E-state index contributed by atoms with van der Waals surface area (Å²) in [5.74, 6) is 0.318. The third-order valence-electron chi connectivity index (χ3n) is 3.17. The zero-order chi connectivity index (χ0) is 14.4. The van der Waals surface area contributed by atoms with Crippen LogP contribution in [0.2, 0.25) is 10.0 Å². The number of aliphatic hydroxyl groups is 1. The number of halogens is 2. The van der Waals surface area contributed by atoms with Gasteiger partial charge in [-0.1, -0.05) is 49.2 Å². The monoisotopic (exact) mass is 301 g/mol. The van der Waals surface area contributed by atoms with Gasteiger partial charge in [-0.15, -0.1) is 6.58 Å². The molecule has 1 aromatic carbocycles. The molecule has 2 N–H and O–H groups in total. The van der Waals surface area contributed by atoms with Crippen molar-refractivity contribution >= 4 is 23.2 Å². The maximum Gasteiger partial charge on any atom is 0.0587 e. The van der Waals surface area contributed by atoms with E-state index >= 15 is 0 Å². The van der Waals surface area contributed by atoms with Gasteiger partial charge in [0, 0.05) is 27.7 Å². The van der Waals surface area contributed by atoms with Gasteiger partial charge in [0.15, 0.2) is 0 Å². The van der Waals surface area contributed by atoms with E-state index in [1.807, 2.05) is 24.3 Å². The molecule has 0 saturated carbocycles. The highest BCUT2D eigenvalue weighted by atomic mass is 35.5. The van der Waals surface area contributed by atoms with Gasteiger partial charge in [0.05, 0.1) is 6.61 Å². The van der Waals surface area contributed by atoms with Gasteiger partial charge in [0.1, 0.15) is 0 Å². The summed E-state index contributed by atoms with van der Waals surface area (Å²) < 4.78 is 0. The Morgan fingerprint density at radius 1 is 1.32 bits per heavy atom. The van der Waals surface area contributed by atoms with E-state index < -0.39 is 0 Å². The highest BCUT2D eigenvalue weighted by Gasteiger charge is 2.21. The Labute approximate surface area is 125 Å². The van der Waals surface area contributed by atoms with Crippen LogP contribution in [0.5, 0.6) is 0 Å². The average molecular weight is 302 g/mol. The number of hydrogen-bond donors (Lipinski definition) is 2. The smallest absolute Gasteiger partial charge is 0.0587 e. The molecule has 0 radical (unpaired) electrons. The first-order valence-corrected chi connectivity index (χ1v) is 7.18. The van der Waals surface area contributed by atoms with Crippen molar-refractivity contribution in [2.75, 3.05) is 6.61 Å². The summed E-state index contributed by atoms with van der Waals surface area (Å²) in [5, 5.41) is 14.1. The standard InChI is InChI=1S/C15H21Cl2NO/c1-4-6-13(18-14(9-19)10(2)3)15-11(16)7-5-8-12(15)17/h4-5,7-8,10,13-14,18-19H,1,6,9H2,2-3H3. The molecule has 19 heavy (non-hydrogen) atoms. The van der Waals surface area contributed by atoms with Gasteiger partial charge in [-0.2, -0.15) is 0 Å². The second-order valence-electron chi connectivity index (χ2n) is 4.91. The fourth-order valence-corrected chi connectivity index (χ4v) is 2.65. The Morgan fingerprint density at radius 3 is 2.32 bits per heavy atom. The highest BCUT2D eigenvalue weighted by molar-refractivity contribution is 6.36. The molecule has 1 rings (SSSR count). The van der Waals surface area contributed by atoms with Crippen molar-refractivity contribution in [2.24, 2.45) is 5.92 Å². The molecule has 0 fully saturated rings. The predicted molar refractivity (Wildman–Crippen MR) is 82.9 cm³/mol. The van der Waals surface area contributed by atoms with Crippen molar-refractivity contribution in [3.05, 3.63) is 46.5 Å². The number of rotatable bonds is 7. The van der Waals surface area contributed by atoms with Crippen LogP contribution >= 0.6 is 23.2 Å². The molecule has 106 valence electrons. The van der Waals surface area contributed by atoms with Gasteiger partial charge in [-0.05, 0) is 24.5 Å². The molecule has 2 nitrogen and oxygen atoms in total. The van der Waals surface area contributed by atoms with E-state index in [2.05, 4.69) is 25.7 Å². The molecule has 0 aliphatic rings. The third kappa shape index (κ3) is 4.50. The maximum atomic E-state index is 9.44. The first-order chi connectivity index (χ1) is 9.01. The molecule has 0 aliphatic carbocycles.